The maximum absolute atomic E-state index is 12.0. The lowest BCUT2D eigenvalue weighted by Crippen LogP contribution is -2.37. The van der Waals surface area contributed by atoms with Crippen molar-refractivity contribution in [2.45, 2.75) is 46.0 Å². The number of esters is 1. The maximum Gasteiger partial charge on any atom is 0.312 e. The Kier molecular flexibility index (Phi) is 2.54. The fourth-order valence-corrected chi connectivity index (χ4v) is 3.55. The van der Waals surface area contributed by atoms with Crippen LogP contribution in [-0.2, 0) is 9.53 Å². The summed E-state index contributed by atoms with van der Waals surface area (Å²) in [5.41, 5.74) is -0.0983. The molecule has 0 aromatic heterocycles. The highest BCUT2D eigenvalue weighted by molar-refractivity contribution is 5.78. The number of carbonyl (C=O) groups excluding carboxylic acids is 1. The highest BCUT2D eigenvalue weighted by atomic mass is 16.5. The van der Waals surface area contributed by atoms with Gasteiger partial charge in [0.2, 0.25) is 0 Å². The fraction of sp³-hybridized carbons (Fsp3) is 0.917. The minimum atomic E-state index is -0.0983. The molecule has 3 atom stereocenters. The van der Waals surface area contributed by atoms with Gasteiger partial charge in [-0.3, -0.25) is 4.79 Å². The highest BCUT2D eigenvalue weighted by Gasteiger charge is 2.55. The predicted molar refractivity (Wildman–Crippen MR) is 54.8 cm³/mol. The van der Waals surface area contributed by atoms with Gasteiger partial charge in [0.25, 0.3) is 0 Å². The molecule has 0 spiro atoms. The molecule has 14 heavy (non-hydrogen) atoms. The zero-order chi connectivity index (χ0) is 10.2. The van der Waals surface area contributed by atoms with E-state index >= 15 is 0 Å². The normalized spacial score (nSPS) is 40.1. The van der Waals surface area contributed by atoms with E-state index in [1.54, 1.807) is 0 Å². The van der Waals surface area contributed by atoms with Crippen LogP contribution in [0.15, 0.2) is 0 Å². The summed E-state index contributed by atoms with van der Waals surface area (Å²) < 4.78 is 5.23. The molecule has 3 unspecified atom stereocenters. The van der Waals surface area contributed by atoms with Crippen molar-refractivity contribution in [3.8, 4) is 0 Å². The van der Waals surface area contributed by atoms with E-state index in [1.165, 1.54) is 19.3 Å². The van der Waals surface area contributed by atoms with Gasteiger partial charge in [-0.25, -0.2) is 0 Å². The second kappa shape index (κ2) is 3.56. The molecule has 0 amide bonds. The Balaban J connectivity index is 2.14. The molecule has 2 aliphatic carbocycles. The van der Waals surface area contributed by atoms with Crippen molar-refractivity contribution in [3.05, 3.63) is 0 Å². The van der Waals surface area contributed by atoms with Gasteiger partial charge in [0, 0.05) is 0 Å². The molecule has 2 fully saturated rings. The zero-order valence-electron chi connectivity index (χ0n) is 9.21. The van der Waals surface area contributed by atoms with E-state index in [-0.39, 0.29) is 11.4 Å². The third kappa shape index (κ3) is 1.27. The number of rotatable bonds is 3. The lowest BCUT2D eigenvalue weighted by atomic mass is 9.71. The summed E-state index contributed by atoms with van der Waals surface area (Å²) in [5, 5.41) is 0. The number of carbonyl (C=O) groups is 1. The minimum absolute atomic E-state index is 0.0784. The second-order valence-electron chi connectivity index (χ2n) is 4.81. The van der Waals surface area contributed by atoms with Crippen LogP contribution < -0.4 is 0 Å². The van der Waals surface area contributed by atoms with Gasteiger partial charge in [-0.2, -0.15) is 0 Å². The van der Waals surface area contributed by atoms with Crippen LogP contribution in [-0.4, -0.2) is 12.6 Å². The standard InChI is InChI=1S/C12H20O2/c1-3-12(11(13)14-4-2)8-9-5-6-10(12)7-9/h9-10H,3-8H2,1-2H3. The van der Waals surface area contributed by atoms with Gasteiger partial charge >= 0.3 is 5.97 Å². The van der Waals surface area contributed by atoms with Crippen LogP contribution in [0, 0.1) is 17.3 Å². The zero-order valence-corrected chi connectivity index (χ0v) is 9.21. The van der Waals surface area contributed by atoms with Gasteiger partial charge in [0.05, 0.1) is 12.0 Å². The molecule has 0 heterocycles. The maximum atomic E-state index is 12.0. The number of ether oxygens (including phenoxy) is 1. The monoisotopic (exact) mass is 196 g/mol. The summed E-state index contributed by atoms with van der Waals surface area (Å²) in [6.07, 6.45) is 5.91. The minimum Gasteiger partial charge on any atom is -0.466 e. The molecule has 0 radical (unpaired) electrons. The average Bonchev–Trinajstić information content (AvgIpc) is 2.77. The van der Waals surface area contributed by atoms with E-state index in [9.17, 15) is 4.79 Å². The average molecular weight is 196 g/mol. The van der Waals surface area contributed by atoms with Crippen LogP contribution in [0.4, 0.5) is 0 Å². The van der Waals surface area contributed by atoms with Gasteiger partial charge < -0.3 is 4.74 Å². The molecule has 2 rings (SSSR count). The van der Waals surface area contributed by atoms with Gasteiger partial charge in [0.15, 0.2) is 0 Å². The summed E-state index contributed by atoms with van der Waals surface area (Å²) in [5.74, 6) is 1.51. The topological polar surface area (TPSA) is 26.3 Å². The van der Waals surface area contributed by atoms with E-state index in [1.807, 2.05) is 6.92 Å². The molecule has 2 bridgehead atoms. The molecule has 0 N–H and O–H groups in total. The Bertz CT molecular complexity index is 236. The van der Waals surface area contributed by atoms with Crippen LogP contribution in [0.1, 0.15) is 46.0 Å². The SMILES string of the molecule is CCOC(=O)C1(CC)CC2CCC1C2. The smallest absolute Gasteiger partial charge is 0.312 e. The summed E-state index contributed by atoms with van der Waals surface area (Å²) in [6.45, 7) is 4.56. The van der Waals surface area contributed by atoms with E-state index < -0.39 is 0 Å². The highest BCUT2D eigenvalue weighted by Crippen LogP contribution is 2.58. The molecule has 0 aromatic carbocycles. The van der Waals surface area contributed by atoms with Gasteiger partial charge in [-0.15, -0.1) is 0 Å². The summed E-state index contributed by atoms with van der Waals surface area (Å²) >= 11 is 0. The van der Waals surface area contributed by atoms with Crippen molar-refractivity contribution in [1.82, 2.24) is 0 Å². The lowest BCUT2D eigenvalue weighted by Gasteiger charge is -2.34. The summed E-state index contributed by atoms with van der Waals surface area (Å²) in [6, 6.07) is 0. The molecular formula is C12H20O2. The van der Waals surface area contributed by atoms with Crippen LogP contribution in [0.25, 0.3) is 0 Å². The van der Waals surface area contributed by atoms with Crippen LogP contribution in [0.5, 0.6) is 0 Å². The Hall–Kier alpha value is -0.530. The van der Waals surface area contributed by atoms with E-state index in [0.717, 1.165) is 18.8 Å². The predicted octanol–water partition coefficient (Wildman–Crippen LogP) is 2.77. The lowest BCUT2D eigenvalue weighted by molar-refractivity contribution is -0.159. The third-order valence-electron chi connectivity index (χ3n) is 4.29. The van der Waals surface area contributed by atoms with Crippen molar-refractivity contribution in [2.75, 3.05) is 6.61 Å². The second-order valence-corrected chi connectivity index (χ2v) is 4.81. The molecule has 0 aliphatic heterocycles. The number of hydrogen-bond acceptors (Lipinski definition) is 2. The van der Waals surface area contributed by atoms with Crippen molar-refractivity contribution in [3.63, 3.8) is 0 Å². The van der Waals surface area contributed by atoms with Crippen LogP contribution >= 0.6 is 0 Å². The van der Waals surface area contributed by atoms with E-state index in [0.29, 0.717) is 12.5 Å². The molecule has 0 saturated heterocycles. The molecule has 2 saturated carbocycles. The van der Waals surface area contributed by atoms with Gasteiger partial charge in [0.1, 0.15) is 0 Å². The summed E-state index contributed by atoms with van der Waals surface area (Å²) in [7, 11) is 0. The Labute approximate surface area is 86.0 Å². The third-order valence-corrected chi connectivity index (χ3v) is 4.29. The Morgan fingerprint density at radius 2 is 2.21 bits per heavy atom. The molecule has 2 aliphatic rings. The van der Waals surface area contributed by atoms with Gasteiger partial charge in [-0.05, 0) is 44.4 Å². The first-order chi connectivity index (χ1) is 6.73. The molecule has 2 heteroatoms. The molecule has 0 aromatic rings. The van der Waals surface area contributed by atoms with Crippen LogP contribution in [0.3, 0.4) is 0 Å². The van der Waals surface area contributed by atoms with Crippen molar-refractivity contribution < 1.29 is 9.53 Å². The van der Waals surface area contributed by atoms with Crippen molar-refractivity contribution >= 4 is 5.97 Å². The quantitative estimate of drug-likeness (QED) is 0.649. The van der Waals surface area contributed by atoms with Crippen molar-refractivity contribution in [1.29, 1.82) is 0 Å². The largest absolute Gasteiger partial charge is 0.466 e. The van der Waals surface area contributed by atoms with E-state index in [4.69, 9.17) is 4.74 Å². The van der Waals surface area contributed by atoms with Crippen molar-refractivity contribution in [2.24, 2.45) is 17.3 Å². The molecule has 2 nitrogen and oxygen atoms in total. The van der Waals surface area contributed by atoms with E-state index in [2.05, 4.69) is 6.92 Å². The Morgan fingerprint density at radius 3 is 2.64 bits per heavy atom. The van der Waals surface area contributed by atoms with Gasteiger partial charge in [-0.1, -0.05) is 13.3 Å². The first kappa shape index (κ1) is 10.0. The number of fused-ring (bicyclic) bond motifs is 2. The molecular weight excluding hydrogens is 176 g/mol. The molecule has 80 valence electrons. The summed E-state index contributed by atoms with van der Waals surface area (Å²) in [4.78, 5) is 12.0. The van der Waals surface area contributed by atoms with Crippen LogP contribution in [0.2, 0.25) is 0 Å². The fourth-order valence-electron chi connectivity index (χ4n) is 3.55. The number of hydrogen-bond donors (Lipinski definition) is 0. The first-order valence-corrected chi connectivity index (χ1v) is 5.90. The Morgan fingerprint density at radius 1 is 1.43 bits per heavy atom. The first-order valence-electron chi connectivity index (χ1n) is 5.90.